The van der Waals surface area contributed by atoms with Crippen molar-refractivity contribution in [3.8, 4) is 0 Å². The first-order valence-electron chi connectivity index (χ1n) is 8.08. The number of para-hydroxylation sites is 1. The summed E-state index contributed by atoms with van der Waals surface area (Å²) in [5.41, 5.74) is 3.57. The summed E-state index contributed by atoms with van der Waals surface area (Å²) in [6.45, 7) is 1.92. The van der Waals surface area contributed by atoms with Crippen molar-refractivity contribution in [3.05, 3.63) is 94.5 Å². The van der Waals surface area contributed by atoms with Crippen LogP contribution in [0.3, 0.4) is 0 Å². The standard InChI is InChI=1S/C21H17ClN2OS/c1-14-17(22)11-7-13-18(14)23-21(26)24-19-12-6-5-10-16(19)20(25)15-8-3-2-4-9-15/h2-13H,1H3,(H2,23,24,26). The van der Waals surface area contributed by atoms with Crippen LogP contribution in [0, 0.1) is 6.92 Å². The molecule has 0 saturated carbocycles. The molecule has 3 aromatic carbocycles. The largest absolute Gasteiger partial charge is 0.332 e. The summed E-state index contributed by atoms with van der Waals surface area (Å²) in [5, 5.41) is 7.30. The van der Waals surface area contributed by atoms with Crippen LogP contribution in [-0.4, -0.2) is 10.9 Å². The Morgan fingerprint density at radius 1 is 0.846 bits per heavy atom. The molecule has 0 aliphatic heterocycles. The van der Waals surface area contributed by atoms with Crippen LogP contribution in [0.4, 0.5) is 11.4 Å². The summed E-state index contributed by atoms with van der Waals surface area (Å²) in [7, 11) is 0. The van der Waals surface area contributed by atoms with Crippen LogP contribution in [0.5, 0.6) is 0 Å². The van der Waals surface area contributed by atoms with Crippen molar-refractivity contribution < 1.29 is 4.79 Å². The van der Waals surface area contributed by atoms with E-state index in [2.05, 4.69) is 10.6 Å². The highest BCUT2D eigenvalue weighted by Gasteiger charge is 2.14. The fourth-order valence-corrected chi connectivity index (χ4v) is 2.95. The van der Waals surface area contributed by atoms with Crippen molar-refractivity contribution in [2.24, 2.45) is 0 Å². The van der Waals surface area contributed by atoms with Gasteiger partial charge in [-0.05, 0) is 49.0 Å². The van der Waals surface area contributed by atoms with E-state index in [1.54, 1.807) is 18.2 Å². The molecule has 26 heavy (non-hydrogen) atoms. The Morgan fingerprint density at radius 2 is 1.46 bits per heavy atom. The Morgan fingerprint density at radius 3 is 2.23 bits per heavy atom. The number of halogens is 1. The van der Waals surface area contributed by atoms with E-state index < -0.39 is 0 Å². The molecule has 3 aromatic rings. The van der Waals surface area contributed by atoms with Crippen LogP contribution in [0.2, 0.25) is 5.02 Å². The van der Waals surface area contributed by atoms with Crippen LogP contribution in [0.15, 0.2) is 72.8 Å². The van der Waals surface area contributed by atoms with Gasteiger partial charge in [-0.1, -0.05) is 60.1 Å². The van der Waals surface area contributed by atoms with Gasteiger partial charge >= 0.3 is 0 Å². The van der Waals surface area contributed by atoms with Crippen molar-refractivity contribution in [1.82, 2.24) is 0 Å². The molecule has 0 aliphatic rings. The molecular formula is C21H17ClN2OS. The first-order valence-corrected chi connectivity index (χ1v) is 8.87. The number of hydrogen-bond donors (Lipinski definition) is 2. The van der Waals surface area contributed by atoms with Crippen LogP contribution < -0.4 is 10.6 Å². The Bertz CT molecular complexity index is 957. The fourth-order valence-electron chi connectivity index (χ4n) is 2.55. The predicted octanol–water partition coefficient (Wildman–Crippen LogP) is 5.69. The quantitative estimate of drug-likeness (QED) is 0.450. The minimum Gasteiger partial charge on any atom is -0.332 e. The second-order valence-corrected chi connectivity index (χ2v) is 6.55. The van der Waals surface area contributed by atoms with Crippen molar-refractivity contribution in [2.45, 2.75) is 6.92 Å². The molecule has 2 N–H and O–H groups in total. The first-order chi connectivity index (χ1) is 12.6. The van der Waals surface area contributed by atoms with E-state index in [1.807, 2.05) is 61.5 Å². The number of ketones is 1. The molecule has 0 atom stereocenters. The van der Waals surface area contributed by atoms with E-state index in [9.17, 15) is 4.79 Å². The van der Waals surface area contributed by atoms with Crippen LogP contribution >= 0.6 is 23.8 Å². The van der Waals surface area contributed by atoms with Gasteiger partial charge in [0, 0.05) is 21.8 Å². The highest BCUT2D eigenvalue weighted by molar-refractivity contribution is 7.80. The summed E-state index contributed by atoms with van der Waals surface area (Å²) in [6, 6.07) is 22.0. The average molecular weight is 381 g/mol. The van der Waals surface area contributed by atoms with Gasteiger partial charge in [-0.2, -0.15) is 0 Å². The fraction of sp³-hybridized carbons (Fsp3) is 0.0476. The minimum atomic E-state index is -0.0598. The number of carbonyl (C=O) groups is 1. The molecule has 0 bridgehead atoms. The van der Waals surface area contributed by atoms with E-state index in [-0.39, 0.29) is 5.78 Å². The molecule has 0 heterocycles. The molecule has 0 radical (unpaired) electrons. The molecule has 0 amide bonds. The molecule has 0 aliphatic carbocycles. The maximum atomic E-state index is 12.8. The van der Waals surface area contributed by atoms with Crippen molar-refractivity contribution in [2.75, 3.05) is 10.6 Å². The van der Waals surface area contributed by atoms with Crippen LogP contribution in [-0.2, 0) is 0 Å². The van der Waals surface area contributed by atoms with Gasteiger partial charge in [0.05, 0.1) is 5.69 Å². The monoisotopic (exact) mass is 380 g/mol. The topological polar surface area (TPSA) is 41.1 Å². The van der Waals surface area contributed by atoms with Gasteiger partial charge in [0.15, 0.2) is 10.9 Å². The number of anilines is 2. The molecule has 5 heteroatoms. The summed E-state index contributed by atoms with van der Waals surface area (Å²) < 4.78 is 0. The average Bonchev–Trinajstić information content (AvgIpc) is 2.66. The molecule has 0 unspecified atom stereocenters. The van der Waals surface area contributed by atoms with E-state index in [1.165, 1.54) is 0 Å². The van der Waals surface area contributed by atoms with Crippen molar-refractivity contribution in [3.63, 3.8) is 0 Å². The van der Waals surface area contributed by atoms with Crippen molar-refractivity contribution in [1.29, 1.82) is 0 Å². The van der Waals surface area contributed by atoms with Crippen LogP contribution in [0.25, 0.3) is 0 Å². The van der Waals surface area contributed by atoms with Gasteiger partial charge in [0.1, 0.15) is 0 Å². The normalized spacial score (nSPS) is 10.2. The molecule has 0 fully saturated rings. The van der Waals surface area contributed by atoms with Gasteiger partial charge in [-0.15, -0.1) is 0 Å². The Labute approximate surface area is 163 Å². The lowest BCUT2D eigenvalue weighted by molar-refractivity contribution is 0.103. The highest BCUT2D eigenvalue weighted by Crippen LogP contribution is 2.24. The van der Waals surface area contributed by atoms with Gasteiger partial charge in [0.2, 0.25) is 0 Å². The molecule has 3 rings (SSSR count). The second kappa shape index (κ2) is 8.13. The number of hydrogen-bond acceptors (Lipinski definition) is 2. The first kappa shape index (κ1) is 18.1. The number of rotatable bonds is 4. The Kier molecular flexibility index (Phi) is 5.66. The molecular weight excluding hydrogens is 364 g/mol. The maximum absolute atomic E-state index is 12.8. The molecule has 130 valence electrons. The highest BCUT2D eigenvalue weighted by atomic mass is 35.5. The molecule has 0 saturated heterocycles. The zero-order valence-electron chi connectivity index (χ0n) is 14.1. The van der Waals surface area contributed by atoms with Gasteiger partial charge in [-0.25, -0.2) is 0 Å². The number of carbonyl (C=O) groups excluding carboxylic acids is 1. The van der Waals surface area contributed by atoms with E-state index in [4.69, 9.17) is 23.8 Å². The number of benzene rings is 3. The third-order valence-electron chi connectivity index (χ3n) is 3.97. The lowest BCUT2D eigenvalue weighted by atomic mass is 10.0. The Balaban J connectivity index is 1.81. The summed E-state index contributed by atoms with van der Waals surface area (Å²) in [5.74, 6) is -0.0598. The summed E-state index contributed by atoms with van der Waals surface area (Å²) in [4.78, 5) is 12.8. The second-order valence-electron chi connectivity index (χ2n) is 5.73. The molecule has 3 nitrogen and oxygen atoms in total. The summed E-state index contributed by atoms with van der Waals surface area (Å²) in [6.07, 6.45) is 0. The third kappa shape index (κ3) is 4.10. The van der Waals surface area contributed by atoms with Gasteiger partial charge in [0.25, 0.3) is 0 Å². The van der Waals surface area contributed by atoms with E-state index in [0.29, 0.717) is 26.9 Å². The zero-order chi connectivity index (χ0) is 18.5. The van der Waals surface area contributed by atoms with E-state index in [0.717, 1.165) is 11.3 Å². The lowest BCUT2D eigenvalue weighted by Crippen LogP contribution is -2.21. The predicted molar refractivity (Wildman–Crippen MR) is 112 cm³/mol. The Hall–Kier alpha value is -2.69. The van der Waals surface area contributed by atoms with E-state index >= 15 is 0 Å². The number of thiocarbonyl (C=S) groups is 1. The minimum absolute atomic E-state index is 0.0598. The van der Waals surface area contributed by atoms with Gasteiger partial charge < -0.3 is 10.6 Å². The van der Waals surface area contributed by atoms with Gasteiger partial charge in [-0.3, -0.25) is 4.79 Å². The van der Waals surface area contributed by atoms with Crippen LogP contribution in [0.1, 0.15) is 21.5 Å². The third-order valence-corrected chi connectivity index (χ3v) is 4.59. The molecule has 0 spiro atoms. The molecule has 0 aromatic heterocycles. The maximum Gasteiger partial charge on any atom is 0.195 e. The smallest absolute Gasteiger partial charge is 0.195 e. The number of nitrogens with one attached hydrogen (secondary N) is 2. The summed E-state index contributed by atoms with van der Waals surface area (Å²) >= 11 is 11.6. The SMILES string of the molecule is Cc1c(Cl)cccc1NC(=S)Nc1ccccc1C(=O)c1ccccc1. The lowest BCUT2D eigenvalue weighted by Gasteiger charge is -2.15. The zero-order valence-corrected chi connectivity index (χ0v) is 15.7. The van der Waals surface area contributed by atoms with Crippen molar-refractivity contribution >= 4 is 46.1 Å².